The Morgan fingerprint density at radius 2 is 1.80 bits per heavy atom. The second-order valence-corrected chi connectivity index (χ2v) is 8.59. The van der Waals surface area contributed by atoms with Gasteiger partial charge < -0.3 is 4.90 Å². The molecule has 1 aliphatic carbocycles. The van der Waals surface area contributed by atoms with Gasteiger partial charge in [0.05, 0.1) is 17.9 Å². The van der Waals surface area contributed by atoms with Crippen molar-refractivity contribution in [2.45, 2.75) is 25.8 Å². The standard InChI is InChI=1S/C24H22F3N3/c1-15-12-28-30(23(15)20-9-17(25)7-8-22(20)27)18-10-24(11-18)13-29(14-24)16(2)19-5-3-4-6-21(19)26/h3-9,12,18H,2,10-11,13-14H2,1H3. The molecule has 1 saturated carbocycles. The fourth-order valence-electron chi connectivity index (χ4n) is 4.93. The molecule has 3 nitrogen and oxygen atoms in total. The average molecular weight is 409 g/mol. The number of rotatable bonds is 4. The van der Waals surface area contributed by atoms with Gasteiger partial charge in [0, 0.05) is 35.3 Å². The van der Waals surface area contributed by atoms with E-state index in [1.54, 1.807) is 18.3 Å². The summed E-state index contributed by atoms with van der Waals surface area (Å²) in [5, 5.41) is 4.47. The molecule has 6 heteroatoms. The molecule has 3 aromatic rings. The predicted octanol–water partition coefficient (Wildman–Crippen LogP) is 5.58. The smallest absolute Gasteiger partial charge is 0.132 e. The highest BCUT2D eigenvalue weighted by molar-refractivity contribution is 5.65. The molecule has 0 unspecified atom stereocenters. The van der Waals surface area contributed by atoms with E-state index in [2.05, 4.69) is 16.6 Å². The van der Waals surface area contributed by atoms with E-state index in [4.69, 9.17) is 0 Å². The lowest BCUT2D eigenvalue weighted by Gasteiger charge is -2.60. The van der Waals surface area contributed by atoms with E-state index >= 15 is 0 Å². The second kappa shape index (κ2) is 6.76. The van der Waals surface area contributed by atoms with Crippen LogP contribution in [0.15, 0.2) is 55.2 Å². The molecule has 2 fully saturated rings. The van der Waals surface area contributed by atoms with Gasteiger partial charge in [-0.2, -0.15) is 5.10 Å². The Balaban J connectivity index is 1.31. The lowest BCUT2D eigenvalue weighted by molar-refractivity contribution is -0.0618. The summed E-state index contributed by atoms with van der Waals surface area (Å²) >= 11 is 0. The van der Waals surface area contributed by atoms with Crippen LogP contribution in [0.25, 0.3) is 17.0 Å². The number of nitrogens with zero attached hydrogens (tertiary/aromatic N) is 3. The van der Waals surface area contributed by atoms with Gasteiger partial charge in [-0.25, -0.2) is 13.2 Å². The first-order chi connectivity index (χ1) is 14.4. The zero-order chi connectivity index (χ0) is 21.0. The van der Waals surface area contributed by atoms with E-state index < -0.39 is 11.6 Å². The molecular formula is C24H22F3N3. The third-order valence-corrected chi connectivity index (χ3v) is 6.46. The Bertz CT molecular complexity index is 1140. The molecule has 1 aliphatic heterocycles. The maximum atomic E-state index is 14.4. The van der Waals surface area contributed by atoms with Gasteiger partial charge in [-0.3, -0.25) is 4.68 Å². The number of aromatic nitrogens is 2. The van der Waals surface area contributed by atoms with Crippen LogP contribution in [-0.4, -0.2) is 27.8 Å². The van der Waals surface area contributed by atoms with Crippen molar-refractivity contribution in [3.63, 3.8) is 0 Å². The summed E-state index contributed by atoms with van der Waals surface area (Å²) in [6, 6.07) is 10.3. The minimum Gasteiger partial charge on any atom is -0.370 e. The zero-order valence-corrected chi connectivity index (χ0v) is 16.7. The van der Waals surface area contributed by atoms with Crippen LogP contribution in [-0.2, 0) is 0 Å². The van der Waals surface area contributed by atoms with Crippen molar-refractivity contribution in [2.75, 3.05) is 13.1 Å². The molecule has 2 heterocycles. The summed E-state index contributed by atoms with van der Waals surface area (Å²) in [6.45, 7) is 7.58. The first kappa shape index (κ1) is 19.0. The van der Waals surface area contributed by atoms with Gasteiger partial charge in [0.25, 0.3) is 0 Å². The molecule has 154 valence electrons. The van der Waals surface area contributed by atoms with Crippen molar-refractivity contribution in [1.82, 2.24) is 14.7 Å². The van der Waals surface area contributed by atoms with E-state index in [0.29, 0.717) is 17.0 Å². The van der Waals surface area contributed by atoms with Gasteiger partial charge in [0.2, 0.25) is 0 Å². The topological polar surface area (TPSA) is 21.1 Å². The van der Waals surface area contributed by atoms with E-state index in [0.717, 1.165) is 43.6 Å². The number of hydrogen-bond donors (Lipinski definition) is 0. The highest BCUT2D eigenvalue weighted by Gasteiger charge is 2.54. The number of hydrogen-bond acceptors (Lipinski definition) is 2. The molecule has 0 bridgehead atoms. The predicted molar refractivity (Wildman–Crippen MR) is 110 cm³/mol. The summed E-state index contributed by atoms with van der Waals surface area (Å²) in [4.78, 5) is 2.11. The Kier molecular flexibility index (Phi) is 4.27. The Hall–Kier alpha value is -3.02. The van der Waals surface area contributed by atoms with Crippen molar-refractivity contribution in [1.29, 1.82) is 0 Å². The fourth-order valence-corrected chi connectivity index (χ4v) is 4.93. The molecule has 2 aliphatic rings. The molecule has 0 radical (unpaired) electrons. The lowest BCUT2D eigenvalue weighted by atomic mass is 9.60. The van der Waals surface area contributed by atoms with Gasteiger partial charge in [-0.05, 0) is 55.7 Å². The van der Waals surface area contributed by atoms with Crippen molar-refractivity contribution in [3.05, 3.63) is 83.8 Å². The molecule has 30 heavy (non-hydrogen) atoms. The van der Waals surface area contributed by atoms with Crippen LogP contribution in [0.5, 0.6) is 0 Å². The number of halogens is 3. The molecule has 1 spiro atoms. The quantitative estimate of drug-likeness (QED) is 0.561. The van der Waals surface area contributed by atoms with Crippen LogP contribution in [0, 0.1) is 29.8 Å². The molecule has 0 atom stereocenters. The Morgan fingerprint density at radius 3 is 2.53 bits per heavy atom. The van der Waals surface area contributed by atoms with Crippen LogP contribution in [0.4, 0.5) is 13.2 Å². The molecule has 1 aromatic heterocycles. The molecule has 5 rings (SSSR count). The largest absolute Gasteiger partial charge is 0.370 e. The first-order valence-corrected chi connectivity index (χ1v) is 10.1. The van der Waals surface area contributed by atoms with Gasteiger partial charge in [-0.1, -0.05) is 18.7 Å². The van der Waals surface area contributed by atoms with Crippen LogP contribution in [0.2, 0.25) is 0 Å². The molecule has 1 saturated heterocycles. The summed E-state index contributed by atoms with van der Waals surface area (Å²) in [6.07, 6.45) is 3.51. The number of benzene rings is 2. The van der Waals surface area contributed by atoms with Crippen molar-refractivity contribution >= 4 is 5.70 Å². The Labute approximate surface area is 173 Å². The summed E-state index contributed by atoms with van der Waals surface area (Å²) in [5.41, 5.74) is 3.10. The first-order valence-electron chi connectivity index (χ1n) is 10.1. The minimum atomic E-state index is -0.468. The van der Waals surface area contributed by atoms with E-state index in [-0.39, 0.29) is 22.8 Å². The summed E-state index contributed by atoms with van der Waals surface area (Å²) in [5.74, 6) is -1.18. The van der Waals surface area contributed by atoms with Gasteiger partial charge in [-0.15, -0.1) is 0 Å². The average Bonchev–Trinajstić information content (AvgIpc) is 3.03. The molecule has 0 amide bonds. The highest BCUT2D eigenvalue weighted by Crippen LogP contribution is 2.56. The van der Waals surface area contributed by atoms with Crippen LogP contribution >= 0.6 is 0 Å². The van der Waals surface area contributed by atoms with Gasteiger partial charge in [0.1, 0.15) is 17.5 Å². The molecule has 2 aromatic carbocycles. The van der Waals surface area contributed by atoms with Crippen molar-refractivity contribution < 1.29 is 13.2 Å². The fraction of sp³-hybridized carbons (Fsp3) is 0.292. The summed E-state index contributed by atoms with van der Waals surface area (Å²) in [7, 11) is 0. The van der Waals surface area contributed by atoms with Gasteiger partial charge in [0.15, 0.2) is 0 Å². The van der Waals surface area contributed by atoms with E-state index in [9.17, 15) is 13.2 Å². The number of aryl methyl sites for hydroxylation is 1. The molecule has 0 N–H and O–H groups in total. The van der Waals surface area contributed by atoms with Gasteiger partial charge >= 0.3 is 0 Å². The second-order valence-electron chi connectivity index (χ2n) is 8.59. The monoisotopic (exact) mass is 409 g/mol. The minimum absolute atomic E-state index is 0.139. The van der Waals surface area contributed by atoms with Crippen LogP contribution in [0.1, 0.15) is 30.0 Å². The summed E-state index contributed by atoms with van der Waals surface area (Å²) < 4.78 is 44.0. The SMILES string of the molecule is C=C(c1ccccc1F)N1CC2(CC(n3ncc(C)c3-c3cc(F)ccc3F)C2)C1. The third-order valence-electron chi connectivity index (χ3n) is 6.46. The van der Waals surface area contributed by atoms with Crippen molar-refractivity contribution in [2.24, 2.45) is 5.41 Å². The maximum absolute atomic E-state index is 14.4. The lowest BCUT2D eigenvalue weighted by Crippen LogP contribution is -2.61. The third kappa shape index (κ3) is 2.93. The van der Waals surface area contributed by atoms with Crippen LogP contribution in [0.3, 0.4) is 0 Å². The molecular weight excluding hydrogens is 387 g/mol. The zero-order valence-electron chi connectivity index (χ0n) is 16.7. The number of likely N-dealkylation sites (tertiary alicyclic amines) is 1. The van der Waals surface area contributed by atoms with Crippen molar-refractivity contribution in [3.8, 4) is 11.3 Å². The normalized spacial score (nSPS) is 17.7. The van der Waals surface area contributed by atoms with E-state index in [1.807, 2.05) is 17.7 Å². The Morgan fingerprint density at radius 1 is 1.07 bits per heavy atom. The van der Waals surface area contributed by atoms with Crippen LogP contribution < -0.4 is 0 Å². The highest BCUT2D eigenvalue weighted by atomic mass is 19.1. The van der Waals surface area contributed by atoms with E-state index in [1.165, 1.54) is 12.1 Å². The maximum Gasteiger partial charge on any atom is 0.132 e.